The Kier molecular flexibility index (Phi) is 8.36. The fourth-order valence-electron chi connectivity index (χ4n) is 1.84. The summed E-state index contributed by atoms with van der Waals surface area (Å²) in [6.07, 6.45) is 0.599. The van der Waals surface area contributed by atoms with E-state index in [2.05, 4.69) is 4.72 Å². The SMILES string of the molecule is COCCN(CCOC)S(=O)(=O)NCCc1ccc(N)cc1. The molecule has 0 aliphatic heterocycles. The zero-order valence-corrected chi connectivity index (χ0v) is 13.9. The third kappa shape index (κ3) is 6.71. The van der Waals surface area contributed by atoms with E-state index in [4.69, 9.17) is 15.2 Å². The lowest BCUT2D eigenvalue weighted by Gasteiger charge is -2.21. The summed E-state index contributed by atoms with van der Waals surface area (Å²) in [7, 11) is -0.472. The number of nitrogen functional groups attached to an aromatic ring is 1. The van der Waals surface area contributed by atoms with Crippen LogP contribution in [0.5, 0.6) is 0 Å². The lowest BCUT2D eigenvalue weighted by molar-refractivity contribution is 0.150. The molecule has 1 aromatic carbocycles. The molecule has 0 aliphatic rings. The molecule has 0 amide bonds. The van der Waals surface area contributed by atoms with Crippen LogP contribution in [0.4, 0.5) is 5.69 Å². The smallest absolute Gasteiger partial charge is 0.279 e. The van der Waals surface area contributed by atoms with Crippen molar-refractivity contribution in [2.75, 3.05) is 52.8 Å². The van der Waals surface area contributed by atoms with Gasteiger partial charge in [0, 0.05) is 39.5 Å². The van der Waals surface area contributed by atoms with Crippen molar-refractivity contribution < 1.29 is 17.9 Å². The molecule has 0 saturated carbocycles. The van der Waals surface area contributed by atoms with Gasteiger partial charge in [-0.15, -0.1) is 0 Å². The Labute approximate surface area is 132 Å². The second-order valence-corrected chi connectivity index (χ2v) is 6.53. The number of hydrogen-bond donors (Lipinski definition) is 2. The minimum absolute atomic E-state index is 0.289. The fraction of sp³-hybridized carbons (Fsp3) is 0.571. The quantitative estimate of drug-likeness (QED) is 0.567. The average Bonchev–Trinajstić information content (AvgIpc) is 2.49. The fourth-order valence-corrected chi connectivity index (χ4v) is 3.01. The molecule has 0 fully saturated rings. The highest BCUT2D eigenvalue weighted by molar-refractivity contribution is 7.87. The van der Waals surface area contributed by atoms with E-state index >= 15 is 0 Å². The minimum Gasteiger partial charge on any atom is -0.399 e. The van der Waals surface area contributed by atoms with Crippen LogP contribution in [-0.4, -0.2) is 59.8 Å². The summed E-state index contributed by atoms with van der Waals surface area (Å²) in [5.74, 6) is 0. The summed E-state index contributed by atoms with van der Waals surface area (Å²) in [4.78, 5) is 0. The van der Waals surface area contributed by atoms with Crippen molar-refractivity contribution in [2.24, 2.45) is 0 Å². The molecular weight excluding hydrogens is 306 g/mol. The molecule has 0 atom stereocenters. The van der Waals surface area contributed by atoms with Gasteiger partial charge in [0.25, 0.3) is 10.2 Å². The number of nitrogens with two attached hydrogens (primary N) is 1. The molecule has 8 heteroatoms. The third-order valence-electron chi connectivity index (χ3n) is 3.11. The van der Waals surface area contributed by atoms with Crippen molar-refractivity contribution in [3.63, 3.8) is 0 Å². The summed E-state index contributed by atoms with van der Waals surface area (Å²) in [5.41, 5.74) is 7.33. The molecule has 0 radical (unpaired) electrons. The summed E-state index contributed by atoms with van der Waals surface area (Å²) in [6, 6.07) is 7.37. The summed E-state index contributed by atoms with van der Waals surface area (Å²) >= 11 is 0. The van der Waals surface area contributed by atoms with Crippen molar-refractivity contribution in [1.29, 1.82) is 0 Å². The Balaban J connectivity index is 2.52. The molecule has 1 aromatic rings. The maximum absolute atomic E-state index is 12.3. The van der Waals surface area contributed by atoms with Gasteiger partial charge >= 0.3 is 0 Å². The number of ether oxygens (including phenoxy) is 2. The Bertz CT molecular complexity index is 511. The molecule has 1 rings (SSSR count). The van der Waals surface area contributed by atoms with E-state index < -0.39 is 10.2 Å². The zero-order chi connectivity index (χ0) is 16.4. The molecule has 0 unspecified atom stereocenters. The van der Waals surface area contributed by atoms with Crippen LogP contribution in [0, 0.1) is 0 Å². The van der Waals surface area contributed by atoms with Gasteiger partial charge in [-0.25, -0.2) is 4.72 Å². The second-order valence-electron chi connectivity index (χ2n) is 4.78. The first-order valence-electron chi connectivity index (χ1n) is 7.06. The van der Waals surface area contributed by atoms with Crippen LogP contribution < -0.4 is 10.5 Å². The zero-order valence-electron chi connectivity index (χ0n) is 13.1. The molecule has 7 nitrogen and oxygen atoms in total. The normalized spacial score (nSPS) is 12.0. The lowest BCUT2D eigenvalue weighted by atomic mass is 10.1. The Morgan fingerprint density at radius 3 is 2.14 bits per heavy atom. The van der Waals surface area contributed by atoms with Gasteiger partial charge in [0.15, 0.2) is 0 Å². The topological polar surface area (TPSA) is 93.9 Å². The monoisotopic (exact) mass is 331 g/mol. The van der Waals surface area contributed by atoms with Gasteiger partial charge in [0.1, 0.15) is 0 Å². The van der Waals surface area contributed by atoms with Crippen molar-refractivity contribution in [3.05, 3.63) is 29.8 Å². The Morgan fingerprint density at radius 2 is 1.64 bits per heavy atom. The number of anilines is 1. The predicted octanol–water partition coefficient (Wildman–Crippen LogP) is 0.241. The first-order valence-corrected chi connectivity index (χ1v) is 8.50. The van der Waals surface area contributed by atoms with Crippen LogP contribution in [0.2, 0.25) is 0 Å². The maximum Gasteiger partial charge on any atom is 0.279 e. The van der Waals surface area contributed by atoms with E-state index in [1.165, 1.54) is 18.5 Å². The summed E-state index contributed by atoms with van der Waals surface area (Å²) in [5, 5.41) is 0. The number of rotatable bonds is 11. The molecule has 22 heavy (non-hydrogen) atoms. The molecule has 0 aromatic heterocycles. The maximum atomic E-state index is 12.3. The highest BCUT2D eigenvalue weighted by atomic mass is 32.2. The van der Waals surface area contributed by atoms with E-state index in [1.807, 2.05) is 12.1 Å². The van der Waals surface area contributed by atoms with E-state index in [9.17, 15) is 8.42 Å². The number of benzene rings is 1. The van der Waals surface area contributed by atoms with Crippen LogP contribution in [-0.2, 0) is 26.1 Å². The van der Waals surface area contributed by atoms with E-state index in [1.54, 1.807) is 12.1 Å². The highest BCUT2D eigenvalue weighted by Gasteiger charge is 2.20. The van der Waals surface area contributed by atoms with Gasteiger partial charge in [-0.2, -0.15) is 12.7 Å². The molecule has 0 bridgehead atoms. The molecule has 0 spiro atoms. The highest BCUT2D eigenvalue weighted by Crippen LogP contribution is 2.06. The van der Waals surface area contributed by atoms with Gasteiger partial charge < -0.3 is 15.2 Å². The largest absolute Gasteiger partial charge is 0.399 e. The van der Waals surface area contributed by atoms with Crippen molar-refractivity contribution >= 4 is 15.9 Å². The lowest BCUT2D eigenvalue weighted by Crippen LogP contribution is -2.44. The molecular formula is C14H25N3O4S. The molecule has 126 valence electrons. The van der Waals surface area contributed by atoms with Gasteiger partial charge in [-0.1, -0.05) is 12.1 Å². The van der Waals surface area contributed by atoms with Crippen molar-refractivity contribution in [2.45, 2.75) is 6.42 Å². The molecule has 3 N–H and O–H groups in total. The number of hydrogen-bond acceptors (Lipinski definition) is 5. The molecule has 0 saturated heterocycles. The predicted molar refractivity (Wildman–Crippen MR) is 86.8 cm³/mol. The van der Waals surface area contributed by atoms with Crippen LogP contribution >= 0.6 is 0 Å². The molecule has 0 heterocycles. The van der Waals surface area contributed by atoms with Crippen molar-refractivity contribution in [3.8, 4) is 0 Å². The van der Waals surface area contributed by atoms with Crippen LogP contribution in [0.15, 0.2) is 24.3 Å². The van der Waals surface area contributed by atoms with Crippen LogP contribution in [0.1, 0.15) is 5.56 Å². The van der Waals surface area contributed by atoms with Gasteiger partial charge in [-0.05, 0) is 24.1 Å². The Hall–Kier alpha value is -1.19. The van der Waals surface area contributed by atoms with Gasteiger partial charge in [0.05, 0.1) is 13.2 Å². The molecule has 0 aliphatic carbocycles. The van der Waals surface area contributed by atoms with Gasteiger partial charge in [-0.3, -0.25) is 0 Å². The third-order valence-corrected chi connectivity index (χ3v) is 4.72. The number of nitrogens with zero attached hydrogens (tertiary/aromatic N) is 1. The first kappa shape index (κ1) is 18.9. The van der Waals surface area contributed by atoms with Crippen LogP contribution in [0.3, 0.4) is 0 Å². The standard InChI is InChI=1S/C14H25N3O4S/c1-20-11-9-17(10-12-21-2)22(18,19)16-8-7-13-3-5-14(15)6-4-13/h3-6,16H,7-12,15H2,1-2H3. The van der Waals surface area contributed by atoms with Crippen LogP contribution in [0.25, 0.3) is 0 Å². The summed E-state index contributed by atoms with van der Waals surface area (Å²) < 4.78 is 38.4. The summed E-state index contributed by atoms with van der Waals surface area (Å²) in [6.45, 7) is 1.57. The van der Waals surface area contributed by atoms with E-state index in [0.29, 0.717) is 31.9 Å². The Morgan fingerprint density at radius 1 is 1.09 bits per heavy atom. The van der Waals surface area contributed by atoms with E-state index in [0.717, 1.165) is 5.56 Å². The first-order chi connectivity index (χ1) is 10.5. The van der Waals surface area contributed by atoms with Crippen molar-refractivity contribution in [1.82, 2.24) is 9.03 Å². The number of nitrogens with one attached hydrogen (secondary N) is 1. The number of methoxy groups -OCH3 is 2. The van der Waals surface area contributed by atoms with Gasteiger partial charge in [0.2, 0.25) is 0 Å². The van der Waals surface area contributed by atoms with E-state index in [-0.39, 0.29) is 13.1 Å². The average molecular weight is 331 g/mol. The second kappa shape index (κ2) is 9.75. The minimum atomic E-state index is -3.55.